The maximum atomic E-state index is 13.6. The molecule has 9 nitrogen and oxygen atoms in total. The maximum absolute atomic E-state index is 13.6. The summed E-state index contributed by atoms with van der Waals surface area (Å²) in [6.45, 7) is 1.68. The highest BCUT2D eigenvalue weighted by Crippen LogP contribution is 2.29. The Morgan fingerprint density at radius 3 is 2.32 bits per heavy atom. The zero-order chi connectivity index (χ0) is 27.5. The number of hydrogen-bond donors (Lipinski definition) is 2. The fourth-order valence-corrected chi connectivity index (χ4v) is 5.87. The predicted octanol–water partition coefficient (Wildman–Crippen LogP) is 3.29. The molecule has 0 spiro atoms. The maximum Gasteiger partial charge on any atom is 0.264 e. The highest BCUT2D eigenvalue weighted by molar-refractivity contribution is 7.90. The minimum atomic E-state index is -4.15. The molecule has 13 heteroatoms. The Bertz CT molecular complexity index is 1560. The van der Waals surface area contributed by atoms with Crippen LogP contribution in [-0.4, -0.2) is 51.9 Å². The van der Waals surface area contributed by atoms with Crippen LogP contribution in [0, 0.1) is 5.82 Å². The van der Waals surface area contributed by atoms with Crippen LogP contribution < -0.4 is 9.86 Å². The van der Waals surface area contributed by atoms with Gasteiger partial charge in [-0.25, -0.2) is 41.1 Å². The van der Waals surface area contributed by atoms with Gasteiger partial charge in [-0.3, -0.25) is 0 Å². The Kier molecular flexibility index (Phi) is 8.16. The number of hydrogen-bond acceptors (Lipinski definition) is 6. The number of nitrogens with one attached hydrogen (secondary N) is 1. The molecular weight excluding hydrogens is 553 g/mol. The first-order valence-corrected chi connectivity index (χ1v) is 15.0. The number of benzene rings is 3. The molecule has 4 rings (SSSR count). The summed E-state index contributed by atoms with van der Waals surface area (Å²) in [7, 11) is -8.05. The minimum Gasteiger partial charge on any atom is -0.248 e. The lowest BCUT2D eigenvalue weighted by atomic mass is 9.91. The van der Waals surface area contributed by atoms with Gasteiger partial charge in [0, 0.05) is 10.9 Å². The molecule has 200 valence electrons. The number of sulfonamides is 2. The van der Waals surface area contributed by atoms with Crippen molar-refractivity contribution in [3.05, 3.63) is 101 Å². The van der Waals surface area contributed by atoms with Gasteiger partial charge < -0.3 is 0 Å². The average Bonchev–Trinajstić information content (AvgIpc) is 3.29. The zero-order valence-corrected chi connectivity index (χ0v) is 22.6. The number of rotatable bonds is 7. The number of nitrogens with zero attached hydrogens (tertiary/aromatic N) is 3. The predicted molar refractivity (Wildman–Crippen MR) is 145 cm³/mol. The summed E-state index contributed by atoms with van der Waals surface area (Å²) in [5.41, 5.74) is 2.10. The van der Waals surface area contributed by atoms with Crippen LogP contribution in [0.3, 0.4) is 0 Å². The summed E-state index contributed by atoms with van der Waals surface area (Å²) in [6.07, 6.45) is 0. The van der Waals surface area contributed by atoms with Crippen LogP contribution in [0.25, 0.3) is 0 Å². The summed E-state index contributed by atoms with van der Waals surface area (Å²) in [5, 5.41) is 11.6. The Morgan fingerprint density at radius 2 is 1.71 bits per heavy atom. The van der Waals surface area contributed by atoms with Gasteiger partial charge in [0.2, 0.25) is 16.0 Å². The fourth-order valence-electron chi connectivity index (χ4n) is 3.98. The molecule has 0 saturated carbocycles. The normalized spacial score (nSPS) is 17.3. The van der Waals surface area contributed by atoms with E-state index in [1.54, 1.807) is 12.1 Å². The molecule has 3 N–H and O–H groups in total. The first-order chi connectivity index (χ1) is 17.9. The lowest BCUT2D eigenvalue weighted by Crippen LogP contribution is -2.42. The van der Waals surface area contributed by atoms with Gasteiger partial charge in [-0.15, -0.1) is 0 Å². The Hall–Kier alpha value is -3.32. The molecule has 0 fully saturated rings. The second-order valence-corrected chi connectivity index (χ2v) is 12.5. The van der Waals surface area contributed by atoms with Crippen LogP contribution in [0.4, 0.5) is 4.39 Å². The molecule has 0 aromatic heterocycles. The van der Waals surface area contributed by atoms with E-state index in [1.165, 1.54) is 48.3 Å². The second-order valence-electron chi connectivity index (χ2n) is 8.73. The van der Waals surface area contributed by atoms with Gasteiger partial charge in [0.15, 0.2) is 0 Å². The number of primary sulfonamides is 1. The van der Waals surface area contributed by atoms with Crippen molar-refractivity contribution < 1.29 is 21.2 Å². The third-order valence-electron chi connectivity index (χ3n) is 5.67. The molecule has 0 bridgehead atoms. The largest absolute Gasteiger partial charge is 0.264 e. The van der Waals surface area contributed by atoms with E-state index in [0.29, 0.717) is 16.3 Å². The Labute approximate surface area is 225 Å². The van der Waals surface area contributed by atoms with Crippen molar-refractivity contribution in [2.24, 2.45) is 15.2 Å². The molecule has 3 aromatic rings. The van der Waals surface area contributed by atoms with E-state index in [1.807, 2.05) is 30.3 Å². The number of hydrazone groups is 1. The summed E-state index contributed by atoms with van der Waals surface area (Å²) in [6, 6.07) is 19.9. The van der Waals surface area contributed by atoms with Crippen molar-refractivity contribution in [1.82, 2.24) is 9.73 Å². The summed E-state index contributed by atoms with van der Waals surface area (Å²) < 4.78 is 65.9. The Morgan fingerprint density at radius 1 is 1.08 bits per heavy atom. The van der Waals surface area contributed by atoms with Crippen molar-refractivity contribution in [1.29, 1.82) is 0 Å². The molecular formula is C25H25ClFN5O4S2. The molecule has 0 saturated heterocycles. The number of halogens is 2. The van der Waals surface area contributed by atoms with Gasteiger partial charge in [0.25, 0.3) is 10.0 Å². The highest BCUT2D eigenvalue weighted by Gasteiger charge is 2.33. The average molecular weight is 578 g/mol. The molecule has 0 radical (unpaired) electrons. The Balaban J connectivity index is 1.77. The number of guanidine groups is 1. The van der Waals surface area contributed by atoms with Crippen molar-refractivity contribution in [3.8, 4) is 0 Å². The van der Waals surface area contributed by atoms with E-state index < -0.39 is 37.7 Å². The van der Waals surface area contributed by atoms with E-state index in [0.717, 1.165) is 5.56 Å². The third-order valence-corrected chi connectivity index (χ3v) is 8.21. The summed E-state index contributed by atoms with van der Waals surface area (Å²) in [4.78, 5) is 4.27. The van der Waals surface area contributed by atoms with Crippen LogP contribution in [0.15, 0.2) is 93.9 Å². The SMILES string of the molecule is C[C@@H](CS(N)(=O)=O)N=C(NS(=O)(=O)c1ccc(Cl)cc1)N1C[C@@H](c2ccccc2)C(c2ccc(F)cc2)=N1. The molecule has 0 aliphatic carbocycles. The second kappa shape index (κ2) is 11.2. The van der Waals surface area contributed by atoms with Gasteiger partial charge in [-0.1, -0.05) is 54.1 Å². The van der Waals surface area contributed by atoms with Crippen LogP contribution in [0.1, 0.15) is 24.0 Å². The lowest BCUT2D eigenvalue weighted by molar-refractivity contribution is 0.458. The van der Waals surface area contributed by atoms with Crippen molar-refractivity contribution >= 4 is 43.3 Å². The molecule has 1 aliphatic rings. The standard InChI is InChI=1S/C25H25ClFN5O4S2/c1-17(16-37(28,33)34)29-25(31-38(35,36)22-13-9-20(26)10-14-22)32-15-23(18-5-3-2-4-6-18)24(30-32)19-7-11-21(27)12-8-19/h2-14,17,23H,15-16H2,1H3,(H,29,31)(H2,28,33,34)/t17-,23-/m0/s1. The van der Waals surface area contributed by atoms with Gasteiger partial charge in [-0.2, -0.15) is 5.10 Å². The first-order valence-electron chi connectivity index (χ1n) is 11.4. The van der Waals surface area contributed by atoms with Gasteiger partial charge >= 0.3 is 0 Å². The van der Waals surface area contributed by atoms with E-state index in [2.05, 4.69) is 14.8 Å². The fraction of sp³-hybridized carbons (Fsp3) is 0.200. The topological polar surface area (TPSA) is 134 Å². The lowest BCUT2D eigenvalue weighted by Gasteiger charge is -2.21. The van der Waals surface area contributed by atoms with E-state index >= 15 is 0 Å². The van der Waals surface area contributed by atoms with Crippen molar-refractivity contribution in [2.45, 2.75) is 23.8 Å². The van der Waals surface area contributed by atoms with Crippen molar-refractivity contribution in [3.63, 3.8) is 0 Å². The third kappa shape index (κ3) is 6.95. The summed E-state index contributed by atoms with van der Waals surface area (Å²) >= 11 is 5.90. The van der Waals surface area contributed by atoms with Crippen LogP contribution in [0.5, 0.6) is 0 Å². The molecule has 38 heavy (non-hydrogen) atoms. The summed E-state index contributed by atoms with van der Waals surface area (Å²) in [5.74, 6) is -1.42. The molecule has 2 atom stereocenters. The van der Waals surface area contributed by atoms with Gasteiger partial charge in [0.1, 0.15) is 5.82 Å². The van der Waals surface area contributed by atoms with E-state index in [9.17, 15) is 21.2 Å². The molecule has 3 aromatic carbocycles. The monoisotopic (exact) mass is 577 g/mol. The quantitative estimate of drug-likeness (QED) is 0.328. The first kappa shape index (κ1) is 27.7. The number of aliphatic imine (C=N–C) groups is 1. The van der Waals surface area contributed by atoms with Crippen LogP contribution >= 0.6 is 11.6 Å². The van der Waals surface area contributed by atoms with E-state index in [4.69, 9.17) is 16.7 Å². The van der Waals surface area contributed by atoms with E-state index in [-0.39, 0.29) is 23.3 Å². The molecule has 1 aliphatic heterocycles. The number of nitrogens with two attached hydrogens (primary N) is 1. The highest BCUT2D eigenvalue weighted by atomic mass is 35.5. The van der Waals surface area contributed by atoms with Crippen molar-refractivity contribution in [2.75, 3.05) is 12.3 Å². The van der Waals surface area contributed by atoms with Crippen LogP contribution in [0.2, 0.25) is 5.02 Å². The zero-order valence-electron chi connectivity index (χ0n) is 20.2. The molecule has 0 amide bonds. The van der Waals surface area contributed by atoms with Crippen LogP contribution in [-0.2, 0) is 20.0 Å². The van der Waals surface area contributed by atoms with Gasteiger partial charge in [-0.05, 0) is 54.4 Å². The minimum absolute atomic E-state index is 0.0738. The molecule has 0 unspecified atom stereocenters. The molecule has 1 heterocycles. The van der Waals surface area contributed by atoms with Gasteiger partial charge in [0.05, 0.1) is 28.9 Å². The smallest absolute Gasteiger partial charge is 0.248 e.